The highest BCUT2D eigenvalue weighted by Gasteiger charge is 2.19. The molecule has 0 saturated carbocycles. The third-order valence-corrected chi connectivity index (χ3v) is 5.21. The summed E-state index contributed by atoms with van der Waals surface area (Å²) in [5.41, 5.74) is 2.26. The highest BCUT2D eigenvalue weighted by Crippen LogP contribution is 2.30. The fourth-order valence-electron chi connectivity index (χ4n) is 2.30. The second-order valence-corrected chi connectivity index (χ2v) is 12.3. The lowest BCUT2D eigenvalue weighted by Crippen LogP contribution is -2.29. The maximum atomic E-state index is 6.22. The Morgan fingerprint density at radius 1 is 1.14 bits per heavy atom. The van der Waals surface area contributed by atoms with E-state index in [1.54, 1.807) is 11.3 Å². The number of hydrogen-bond donors (Lipinski definition) is 0. The number of benzene rings is 1. The summed E-state index contributed by atoms with van der Waals surface area (Å²) in [6.07, 6.45) is 0. The molecule has 2 nitrogen and oxygen atoms in total. The first-order valence-corrected chi connectivity index (χ1v) is 11.9. The predicted octanol–water partition coefficient (Wildman–Crippen LogP) is 5.84. The van der Waals surface area contributed by atoms with Crippen LogP contribution in [-0.2, 0) is 0 Å². The molecule has 0 amide bonds. The molecule has 1 heterocycles. The molecular formula is C18H25NOSSi. The molecule has 1 aromatic carbocycles. The molecule has 0 fully saturated rings. The zero-order chi connectivity index (χ0) is 16.3. The molecule has 2 rings (SSSR count). The Labute approximate surface area is 139 Å². The van der Waals surface area contributed by atoms with Gasteiger partial charge in [-0.05, 0) is 58.6 Å². The van der Waals surface area contributed by atoms with Crippen molar-refractivity contribution in [2.24, 2.45) is 4.99 Å². The molecule has 1 aromatic heterocycles. The van der Waals surface area contributed by atoms with Crippen LogP contribution in [0.15, 0.2) is 41.4 Å². The number of hydrogen-bond acceptors (Lipinski definition) is 3. The van der Waals surface area contributed by atoms with Crippen LogP contribution in [0.25, 0.3) is 0 Å². The van der Waals surface area contributed by atoms with E-state index >= 15 is 0 Å². The van der Waals surface area contributed by atoms with E-state index in [1.165, 1.54) is 9.75 Å². The largest absolute Gasteiger partial charge is 0.544 e. The van der Waals surface area contributed by atoms with Crippen LogP contribution in [0.1, 0.15) is 35.2 Å². The molecule has 4 heteroatoms. The van der Waals surface area contributed by atoms with Crippen molar-refractivity contribution >= 4 is 25.4 Å². The van der Waals surface area contributed by atoms with Crippen molar-refractivity contribution in [1.29, 1.82) is 0 Å². The predicted molar refractivity (Wildman–Crippen MR) is 100 cm³/mol. The van der Waals surface area contributed by atoms with Gasteiger partial charge in [0, 0.05) is 21.0 Å². The molecule has 2 aromatic rings. The Kier molecular flexibility index (Phi) is 5.24. The lowest BCUT2D eigenvalue weighted by Gasteiger charge is -2.23. The number of aliphatic imine (C=N–C) groups is 1. The molecular weight excluding hydrogens is 306 g/mol. The van der Waals surface area contributed by atoms with E-state index in [4.69, 9.17) is 9.42 Å². The third-order valence-electron chi connectivity index (χ3n) is 3.27. The van der Waals surface area contributed by atoms with E-state index in [9.17, 15) is 0 Å². The molecule has 22 heavy (non-hydrogen) atoms. The van der Waals surface area contributed by atoms with Crippen LogP contribution in [0.3, 0.4) is 0 Å². The summed E-state index contributed by atoms with van der Waals surface area (Å²) in [5.74, 6) is 0.980. The fourth-order valence-corrected chi connectivity index (χ4v) is 3.97. The van der Waals surface area contributed by atoms with Crippen molar-refractivity contribution in [2.75, 3.05) is 0 Å². The molecule has 118 valence electrons. The molecule has 0 radical (unpaired) electrons. The highest BCUT2D eigenvalue weighted by molar-refractivity contribution is 7.14. The van der Waals surface area contributed by atoms with Crippen molar-refractivity contribution in [1.82, 2.24) is 0 Å². The van der Waals surface area contributed by atoms with E-state index in [0.717, 1.165) is 17.0 Å². The minimum atomic E-state index is -1.62. The smallest absolute Gasteiger partial charge is 0.242 e. The zero-order valence-electron chi connectivity index (χ0n) is 14.3. The number of nitrogens with zero attached hydrogens (tertiary/aromatic N) is 1. The van der Waals surface area contributed by atoms with Gasteiger partial charge in [0.25, 0.3) is 0 Å². The Morgan fingerprint density at radius 2 is 1.82 bits per heavy atom. The topological polar surface area (TPSA) is 21.6 Å². The van der Waals surface area contributed by atoms with Crippen molar-refractivity contribution in [2.45, 2.75) is 46.5 Å². The molecule has 0 aliphatic heterocycles. The molecule has 1 unspecified atom stereocenters. The van der Waals surface area contributed by atoms with Crippen LogP contribution >= 0.6 is 11.3 Å². The van der Waals surface area contributed by atoms with Gasteiger partial charge in [-0.25, -0.2) is 0 Å². The van der Waals surface area contributed by atoms with Gasteiger partial charge in [-0.15, -0.1) is 11.3 Å². The number of para-hydroxylation sites is 1. The highest BCUT2D eigenvalue weighted by atomic mass is 32.1. The summed E-state index contributed by atoms with van der Waals surface area (Å²) in [6.45, 7) is 13.0. The average molecular weight is 332 g/mol. The minimum absolute atomic E-state index is 0.0926. The summed E-state index contributed by atoms with van der Waals surface area (Å²) in [6, 6.07) is 12.7. The fraction of sp³-hybridized carbons (Fsp3) is 0.389. The summed E-state index contributed by atoms with van der Waals surface area (Å²) < 4.78 is 6.22. The van der Waals surface area contributed by atoms with Crippen LogP contribution in [0, 0.1) is 6.92 Å². The molecule has 0 bridgehead atoms. The maximum absolute atomic E-state index is 6.22. The van der Waals surface area contributed by atoms with E-state index in [2.05, 4.69) is 70.7 Å². The summed E-state index contributed by atoms with van der Waals surface area (Å²) in [5, 5.41) is 0. The van der Waals surface area contributed by atoms with Crippen LogP contribution in [0.5, 0.6) is 5.75 Å². The van der Waals surface area contributed by atoms with Gasteiger partial charge in [0.1, 0.15) is 5.75 Å². The Balaban J connectivity index is 2.28. The number of rotatable bonds is 5. The summed E-state index contributed by atoms with van der Waals surface area (Å²) in [4.78, 5) is 7.45. The quantitative estimate of drug-likeness (QED) is 0.498. The molecule has 0 saturated heterocycles. The normalized spacial score (nSPS) is 14.0. The van der Waals surface area contributed by atoms with Gasteiger partial charge < -0.3 is 4.43 Å². The van der Waals surface area contributed by atoms with Gasteiger partial charge in [0.05, 0.1) is 6.04 Å². The molecule has 0 aliphatic rings. The molecule has 1 atom stereocenters. The third kappa shape index (κ3) is 4.55. The van der Waals surface area contributed by atoms with E-state index in [-0.39, 0.29) is 6.04 Å². The minimum Gasteiger partial charge on any atom is -0.544 e. The van der Waals surface area contributed by atoms with Gasteiger partial charge >= 0.3 is 0 Å². The summed E-state index contributed by atoms with van der Waals surface area (Å²) >= 11 is 1.79. The Hall–Kier alpha value is -1.39. The van der Waals surface area contributed by atoms with Crippen molar-refractivity contribution < 1.29 is 4.43 Å². The second kappa shape index (κ2) is 6.80. The van der Waals surface area contributed by atoms with Crippen molar-refractivity contribution in [3.05, 3.63) is 51.7 Å². The van der Waals surface area contributed by atoms with Gasteiger partial charge in [0.2, 0.25) is 8.32 Å². The first kappa shape index (κ1) is 17.0. The second-order valence-electron chi connectivity index (χ2n) is 6.55. The molecule has 0 N–H and O–H groups in total. The standard InChI is InChI=1S/C18H25NOSSi/c1-13-11-12-18(21-13)15(3)19-14(2)16-9-7-8-10-17(16)20-22(4,5)6/h7-12,14H,1-6H3. The molecule has 0 aliphatic carbocycles. The lowest BCUT2D eigenvalue weighted by atomic mass is 10.1. The zero-order valence-corrected chi connectivity index (χ0v) is 16.1. The van der Waals surface area contributed by atoms with E-state index in [0.29, 0.717) is 0 Å². The van der Waals surface area contributed by atoms with Crippen LogP contribution in [0.4, 0.5) is 0 Å². The van der Waals surface area contributed by atoms with Gasteiger partial charge in [-0.1, -0.05) is 18.2 Å². The Bertz CT molecular complexity index is 670. The SMILES string of the molecule is CC(=NC(C)c1ccccc1O[Si](C)(C)C)c1ccc(C)s1. The van der Waals surface area contributed by atoms with Gasteiger partial charge in [-0.2, -0.15) is 0 Å². The van der Waals surface area contributed by atoms with Crippen molar-refractivity contribution in [3.63, 3.8) is 0 Å². The number of thiophene rings is 1. The average Bonchev–Trinajstić information content (AvgIpc) is 2.84. The maximum Gasteiger partial charge on any atom is 0.242 e. The first-order valence-electron chi connectivity index (χ1n) is 7.65. The van der Waals surface area contributed by atoms with E-state index < -0.39 is 8.32 Å². The van der Waals surface area contributed by atoms with Crippen molar-refractivity contribution in [3.8, 4) is 5.75 Å². The van der Waals surface area contributed by atoms with Crippen LogP contribution in [-0.4, -0.2) is 14.0 Å². The number of aryl methyl sites for hydroxylation is 1. The molecule has 0 spiro atoms. The first-order chi connectivity index (χ1) is 10.3. The monoisotopic (exact) mass is 331 g/mol. The lowest BCUT2D eigenvalue weighted by molar-refractivity contribution is 0.543. The van der Waals surface area contributed by atoms with Crippen LogP contribution in [0.2, 0.25) is 19.6 Å². The van der Waals surface area contributed by atoms with Gasteiger partial charge in [-0.3, -0.25) is 4.99 Å². The van der Waals surface area contributed by atoms with Gasteiger partial charge in [0.15, 0.2) is 0 Å². The van der Waals surface area contributed by atoms with Crippen LogP contribution < -0.4 is 4.43 Å². The summed E-state index contributed by atoms with van der Waals surface area (Å²) in [7, 11) is -1.62. The Morgan fingerprint density at radius 3 is 2.41 bits per heavy atom. The van der Waals surface area contributed by atoms with E-state index in [1.807, 2.05) is 6.07 Å².